The second-order valence-corrected chi connectivity index (χ2v) is 8.99. The van der Waals surface area contributed by atoms with Crippen molar-refractivity contribution in [2.75, 3.05) is 12.1 Å². The Labute approximate surface area is 221 Å². The van der Waals surface area contributed by atoms with Gasteiger partial charge in [-0.15, -0.1) is 0 Å². The molecule has 0 bridgehead atoms. The fraction of sp³-hybridized carbons (Fsp3) is 0.0357. The number of carbonyl (C=O) groups is 1. The van der Waals surface area contributed by atoms with E-state index in [1.807, 2.05) is 42.5 Å². The van der Waals surface area contributed by atoms with Crippen LogP contribution in [0.2, 0.25) is 0 Å². The molecule has 9 nitrogen and oxygen atoms in total. The van der Waals surface area contributed by atoms with Crippen molar-refractivity contribution in [3.63, 3.8) is 0 Å². The molecule has 1 amide bonds. The van der Waals surface area contributed by atoms with Gasteiger partial charge in [-0.05, 0) is 72.3 Å². The van der Waals surface area contributed by atoms with E-state index in [4.69, 9.17) is 9.47 Å². The van der Waals surface area contributed by atoms with Crippen molar-refractivity contribution in [3.05, 3.63) is 118 Å². The highest BCUT2D eigenvalue weighted by Crippen LogP contribution is 2.33. The van der Waals surface area contributed by atoms with Crippen molar-refractivity contribution in [2.45, 2.75) is 0 Å². The van der Waals surface area contributed by atoms with E-state index in [0.717, 1.165) is 4.70 Å². The molecule has 0 aliphatic rings. The lowest BCUT2D eigenvalue weighted by atomic mass is 10.2. The molecule has 0 aliphatic carbocycles. The number of aromatic nitrogens is 1. The zero-order valence-electron chi connectivity index (χ0n) is 20.1. The summed E-state index contributed by atoms with van der Waals surface area (Å²) in [6.07, 6.45) is 1.46. The maximum Gasteiger partial charge on any atom is 0.280 e. The van der Waals surface area contributed by atoms with Gasteiger partial charge >= 0.3 is 0 Å². The lowest BCUT2D eigenvalue weighted by Gasteiger charge is -2.14. The van der Waals surface area contributed by atoms with Crippen LogP contribution in [0.25, 0.3) is 10.2 Å². The van der Waals surface area contributed by atoms with Gasteiger partial charge in [0.05, 0.1) is 28.5 Å². The van der Waals surface area contributed by atoms with E-state index in [9.17, 15) is 14.9 Å². The highest BCUT2D eigenvalue weighted by atomic mass is 32.1. The Kier molecular flexibility index (Phi) is 7.05. The number of hydrazone groups is 1. The lowest BCUT2D eigenvalue weighted by molar-refractivity contribution is -0.384. The first kappa shape index (κ1) is 24.6. The molecule has 188 valence electrons. The van der Waals surface area contributed by atoms with Crippen LogP contribution in [0.3, 0.4) is 0 Å². The minimum Gasteiger partial charge on any atom is -0.497 e. The van der Waals surface area contributed by atoms with Gasteiger partial charge in [-0.1, -0.05) is 29.5 Å². The van der Waals surface area contributed by atoms with Crippen LogP contribution < -0.4 is 14.5 Å². The molecular weight excluding hydrogens is 504 g/mol. The van der Waals surface area contributed by atoms with Crippen molar-refractivity contribution in [1.82, 2.24) is 4.98 Å². The number of carbonyl (C=O) groups excluding carboxylic acids is 1. The van der Waals surface area contributed by atoms with Crippen molar-refractivity contribution in [2.24, 2.45) is 5.10 Å². The molecule has 0 unspecified atom stereocenters. The Hall–Kier alpha value is -5.09. The number of amides is 1. The highest BCUT2D eigenvalue weighted by molar-refractivity contribution is 7.22. The van der Waals surface area contributed by atoms with E-state index < -0.39 is 10.8 Å². The van der Waals surface area contributed by atoms with Crippen molar-refractivity contribution >= 4 is 44.5 Å². The molecule has 0 atom stereocenters. The number of fused-ring (bicyclic) bond motifs is 1. The standard InChI is InChI=1S/C28H20N4O5S/c1-36-24-15-16-25-26(17-24)38-28(30-25)31(29-18-19-7-11-21(12-8-19)32(34)35)27(33)20-9-13-23(14-10-20)37-22-5-3-2-4-6-22/h2-18H,1H3/b29-18+. The highest BCUT2D eigenvalue weighted by Gasteiger charge is 2.21. The average molecular weight is 525 g/mol. The first-order valence-corrected chi connectivity index (χ1v) is 12.2. The number of methoxy groups -OCH3 is 1. The number of ether oxygens (including phenoxy) is 2. The van der Waals surface area contributed by atoms with E-state index in [-0.39, 0.29) is 5.69 Å². The number of hydrogen-bond acceptors (Lipinski definition) is 8. The smallest absolute Gasteiger partial charge is 0.280 e. The van der Waals surface area contributed by atoms with E-state index in [1.165, 1.54) is 34.7 Å². The quantitative estimate of drug-likeness (QED) is 0.127. The molecule has 0 aliphatic heterocycles. The van der Waals surface area contributed by atoms with Gasteiger partial charge in [0.1, 0.15) is 17.2 Å². The van der Waals surface area contributed by atoms with Crippen LogP contribution in [0.4, 0.5) is 10.8 Å². The molecule has 1 heterocycles. The zero-order chi connectivity index (χ0) is 26.5. The number of nitro benzene ring substituents is 1. The Morgan fingerprint density at radius 1 is 0.947 bits per heavy atom. The predicted octanol–water partition coefficient (Wildman–Crippen LogP) is 6.69. The molecule has 10 heteroatoms. The van der Waals surface area contributed by atoms with E-state index >= 15 is 0 Å². The Bertz CT molecular complexity index is 1620. The summed E-state index contributed by atoms with van der Waals surface area (Å²) in [6.45, 7) is 0. The molecular formula is C28H20N4O5S. The molecule has 0 saturated carbocycles. The van der Waals surface area contributed by atoms with Crippen molar-refractivity contribution in [1.29, 1.82) is 0 Å². The number of hydrogen-bond donors (Lipinski definition) is 0. The number of non-ortho nitro benzene ring substituents is 1. The number of nitro groups is 1. The number of rotatable bonds is 8. The van der Waals surface area contributed by atoms with Crippen LogP contribution in [0, 0.1) is 10.1 Å². The van der Waals surface area contributed by atoms with Gasteiger partial charge < -0.3 is 9.47 Å². The molecule has 38 heavy (non-hydrogen) atoms. The SMILES string of the molecule is COc1ccc2nc(N(/N=C/c3ccc([N+](=O)[O-])cc3)C(=O)c3ccc(Oc4ccccc4)cc3)sc2c1. The van der Waals surface area contributed by atoms with Gasteiger partial charge in [-0.25, -0.2) is 4.98 Å². The Morgan fingerprint density at radius 2 is 1.63 bits per heavy atom. The lowest BCUT2D eigenvalue weighted by Crippen LogP contribution is -2.25. The molecule has 5 rings (SSSR count). The summed E-state index contributed by atoms with van der Waals surface area (Å²) in [5.41, 5.74) is 1.62. The third-order valence-electron chi connectivity index (χ3n) is 5.46. The summed E-state index contributed by atoms with van der Waals surface area (Å²) in [6, 6.07) is 27.4. The Morgan fingerprint density at radius 3 is 2.32 bits per heavy atom. The number of benzene rings is 4. The fourth-order valence-electron chi connectivity index (χ4n) is 3.52. The molecule has 0 spiro atoms. The normalized spacial score (nSPS) is 11.0. The van der Waals surface area contributed by atoms with Gasteiger partial charge in [-0.3, -0.25) is 14.9 Å². The molecule has 4 aromatic carbocycles. The third-order valence-corrected chi connectivity index (χ3v) is 6.46. The topological polar surface area (TPSA) is 107 Å². The minimum atomic E-state index is -0.475. The first-order valence-electron chi connectivity index (χ1n) is 11.4. The second-order valence-electron chi connectivity index (χ2n) is 7.98. The molecule has 1 aromatic heterocycles. The summed E-state index contributed by atoms with van der Waals surface area (Å²) >= 11 is 1.29. The van der Waals surface area contributed by atoms with Crippen LogP contribution in [0.15, 0.2) is 102 Å². The molecule has 0 saturated heterocycles. The molecule has 5 aromatic rings. The predicted molar refractivity (Wildman–Crippen MR) is 147 cm³/mol. The third kappa shape index (κ3) is 5.50. The maximum atomic E-state index is 13.6. The Balaban J connectivity index is 1.46. The van der Waals surface area contributed by atoms with Gasteiger partial charge in [-0.2, -0.15) is 10.1 Å². The van der Waals surface area contributed by atoms with E-state index in [1.54, 1.807) is 49.6 Å². The van der Waals surface area contributed by atoms with Gasteiger partial charge in [0.25, 0.3) is 11.6 Å². The van der Waals surface area contributed by atoms with E-state index in [2.05, 4.69) is 10.1 Å². The fourth-order valence-corrected chi connectivity index (χ4v) is 4.47. The number of anilines is 1. The molecule has 0 radical (unpaired) electrons. The summed E-state index contributed by atoms with van der Waals surface area (Å²) < 4.78 is 12.0. The van der Waals surface area contributed by atoms with Crippen LogP contribution in [-0.4, -0.2) is 29.1 Å². The second kappa shape index (κ2) is 10.9. The van der Waals surface area contributed by atoms with Crippen LogP contribution >= 0.6 is 11.3 Å². The average Bonchev–Trinajstić information content (AvgIpc) is 3.37. The number of thiazole rings is 1. The number of nitrogens with zero attached hydrogens (tertiary/aromatic N) is 4. The van der Waals surface area contributed by atoms with Gasteiger partial charge in [0, 0.05) is 17.7 Å². The minimum absolute atomic E-state index is 0.0342. The van der Waals surface area contributed by atoms with Crippen LogP contribution in [0.1, 0.15) is 15.9 Å². The first-order chi connectivity index (χ1) is 18.5. The summed E-state index contributed by atoms with van der Waals surface area (Å²) in [4.78, 5) is 28.7. The van der Waals surface area contributed by atoms with Crippen LogP contribution in [-0.2, 0) is 0 Å². The summed E-state index contributed by atoms with van der Waals surface area (Å²) in [7, 11) is 1.58. The summed E-state index contributed by atoms with van der Waals surface area (Å²) in [5.74, 6) is 1.54. The van der Waals surface area contributed by atoms with Gasteiger partial charge in [0.2, 0.25) is 5.13 Å². The molecule has 0 fully saturated rings. The van der Waals surface area contributed by atoms with Gasteiger partial charge in [0.15, 0.2) is 0 Å². The van der Waals surface area contributed by atoms with Crippen molar-refractivity contribution in [3.8, 4) is 17.2 Å². The monoisotopic (exact) mass is 524 g/mol. The maximum absolute atomic E-state index is 13.6. The zero-order valence-corrected chi connectivity index (χ0v) is 20.9. The number of para-hydroxylation sites is 1. The van der Waals surface area contributed by atoms with Crippen LogP contribution in [0.5, 0.6) is 17.2 Å². The van der Waals surface area contributed by atoms with Crippen molar-refractivity contribution < 1.29 is 19.2 Å². The van der Waals surface area contributed by atoms with E-state index in [0.29, 0.717) is 39.0 Å². The molecule has 0 N–H and O–H groups in total. The largest absolute Gasteiger partial charge is 0.497 e. The summed E-state index contributed by atoms with van der Waals surface area (Å²) in [5, 5.41) is 17.0.